The lowest BCUT2D eigenvalue weighted by atomic mass is 10.2. The maximum absolute atomic E-state index is 13.0. The summed E-state index contributed by atoms with van der Waals surface area (Å²) in [6, 6.07) is 14.9. The Morgan fingerprint density at radius 3 is 2.69 bits per heavy atom. The van der Waals surface area contributed by atoms with Crippen molar-refractivity contribution in [2.45, 2.75) is 19.9 Å². The molecular formula is C21H18N6O2. The predicted octanol–water partition coefficient (Wildman–Crippen LogP) is 3.19. The standard InChI is InChI=1S/C21H18N6O2/c1-2-11-26-17-10-6-4-8-15(17)23-21(26)25-20(29)14-12-22-27-16-9-5-3-7-13(16)19(28)24-18(14)27/h3-10,12H,2,11H2,1H3,(H,24,28)(H,23,25,29). The number of nitrogens with zero attached hydrogens (tertiary/aromatic N) is 4. The summed E-state index contributed by atoms with van der Waals surface area (Å²) < 4.78 is 3.55. The summed E-state index contributed by atoms with van der Waals surface area (Å²) in [4.78, 5) is 32.8. The Morgan fingerprint density at radius 2 is 1.86 bits per heavy atom. The van der Waals surface area contributed by atoms with Gasteiger partial charge >= 0.3 is 0 Å². The molecule has 144 valence electrons. The largest absolute Gasteiger partial charge is 0.310 e. The first-order chi connectivity index (χ1) is 14.2. The Labute approximate surface area is 164 Å². The summed E-state index contributed by atoms with van der Waals surface area (Å²) in [5.41, 5.74) is 2.79. The lowest BCUT2D eigenvalue weighted by Crippen LogP contribution is -2.17. The molecule has 0 atom stereocenters. The number of anilines is 1. The molecular weight excluding hydrogens is 368 g/mol. The highest BCUT2D eigenvalue weighted by atomic mass is 16.2. The summed E-state index contributed by atoms with van der Waals surface area (Å²) in [5, 5.41) is 7.71. The van der Waals surface area contributed by atoms with Crippen molar-refractivity contribution in [1.29, 1.82) is 0 Å². The number of benzene rings is 2. The van der Waals surface area contributed by atoms with Gasteiger partial charge in [0, 0.05) is 6.54 Å². The first-order valence-electron chi connectivity index (χ1n) is 9.42. The second kappa shape index (κ2) is 6.59. The normalized spacial score (nSPS) is 11.5. The van der Waals surface area contributed by atoms with Gasteiger partial charge in [0.1, 0.15) is 11.2 Å². The van der Waals surface area contributed by atoms with E-state index in [1.165, 1.54) is 6.20 Å². The molecule has 0 spiro atoms. The van der Waals surface area contributed by atoms with Crippen molar-refractivity contribution in [3.63, 3.8) is 0 Å². The fraction of sp³-hybridized carbons (Fsp3) is 0.143. The van der Waals surface area contributed by atoms with Gasteiger partial charge in [-0.3, -0.25) is 14.9 Å². The van der Waals surface area contributed by atoms with Crippen molar-refractivity contribution in [3.8, 4) is 0 Å². The minimum Gasteiger partial charge on any atom is -0.310 e. The third-order valence-electron chi connectivity index (χ3n) is 4.95. The summed E-state index contributed by atoms with van der Waals surface area (Å²) >= 11 is 0. The molecule has 2 aromatic carbocycles. The molecule has 5 aromatic rings. The highest BCUT2D eigenvalue weighted by Crippen LogP contribution is 2.21. The molecule has 3 heterocycles. The molecule has 5 rings (SSSR count). The first-order valence-corrected chi connectivity index (χ1v) is 9.42. The number of fused-ring (bicyclic) bond motifs is 4. The molecule has 0 aliphatic rings. The van der Waals surface area contributed by atoms with Crippen LogP contribution in [-0.2, 0) is 6.54 Å². The van der Waals surface area contributed by atoms with Gasteiger partial charge in [-0.05, 0) is 30.7 Å². The summed E-state index contributed by atoms with van der Waals surface area (Å²) in [5.74, 6) is 0.0964. The van der Waals surface area contributed by atoms with E-state index in [9.17, 15) is 9.59 Å². The van der Waals surface area contributed by atoms with Gasteiger partial charge in [-0.2, -0.15) is 5.10 Å². The van der Waals surface area contributed by atoms with Crippen molar-refractivity contribution in [1.82, 2.24) is 24.1 Å². The number of para-hydroxylation sites is 3. The van der Waals surface area contributed by atoms with Crippen molar-refractivity contribution in [3.05, 3.63) is 70.6 Å². The zero-order valence-corrected chi connectivity index (χ0v) is 15.7. The topological polar surface area (TPSA) is 97.1 Å². The number of aromatic amines is 1. The molecule has 2 N–H and O–H groups in total. The van der Waals surface area contributed by atoms with E-state index >= 15 is 0 Å². The van der Waals surface area contributed by atoms with Crippen LogP contribution in [0, 0.1) is 0 Å². The fourth-order valence-electron chi connectivity index (χ4n) is 3.63. The summed E-state index contributed by atoms with van der Waals surface area (Å²) in [6.07, 6.45) is 2.36. The Morgan fingerprint density at radius 1 is 1.10 bits per heavy atom. The lowest BCUT2D eigenvalue weighted by Gasteiger charge is -2.08. The van der Waals surface area contributed by atoms with Crippen molar-refractivity contribution in [2.24, 2.45) is 0 Å². The van der Waals surface area contributed by atoms with E-state index in [4.69, 9.17) is 0 Å². The van der Waals surface area contributed by atoms with E-state index in [2.05, 4.69) is 27.3 Å². The van der Waals surface area contributed by atoms with E-state index in [-0.39, 0.29) is 17.0 Å². The van der Waals surface area contributed by atoms with Gasteiger partial charge in [-0.25, -0.2) is 9.50 Å². The molecule has 0 saturated heterocycles. The van der Waals surface area contributed by atoms with Crippen LogP contribution >= 0.6 is 0 Å². The van der Waals surface area contributed by atoms with E-state index in [1.54, 1.807) is 22.7 Å². The van der Waals surface area contributed by atoms with Crippen LogP contribution in [0.2, 0.25) is 0 Å². The van der Waals surface area contributed by atoms with Crippen molar-refractivity contribution < 1.29 is 4.79 Å². The molecule has 0 bridgehead atoms. The molecule has 0 fully saturated rings. The third-order valence-corrected chi connectivity index (χ3v) is 4.95. The zero-order chi connectivity index (χ0) is 20.0. The molecule has 1 amide bonds. The molecule has 8 nitrogen and oxygen atoms in total. The molecule has 29 heavy (non-hydrogen) atoms. The van der Waals surface area contributed by atoms with Crippen molar-refractivity contribution in [2.75, 3.05) is 5.32 Å². The molecule has 0 aliphatic heterocycles. The van der Waals surface area contributed by atoms with Crippen LogP contribution in [0.25, 0.3) is 27.6 Å². The van der Waals surface area contributed by atoms with Gasteiger partial charge in [0.15, 0.2) is 0 Å². The van der Waals surface area contributed by atoms with Crippen LogP contribution < -0.4 is 10.9 Å². The maximum Gasteiger partial charge on any atom is 0.263 e. The Kier molecular flexibility index (Phi) is 3.90. The van der Waals surface area contributed by atoms with Gasteiger partial charge in [0.2, 0.25) is 5.95 Å². The molecule has 0 aliphatic carbocycles. The average molecular weight is 386 g/mol. The number of carbonyl (C=O) groups excluding carboxylic acids is 1. The highest BCUT2D eigenvalue weighted by molar-refractivity contribution is 6.08. The number of carbonyl (C=O) groups is 1. The number of imidazole rings is 1. The van der Waals surface area contributed by atoms with Crippen LogP contribution in [0.4, 0.5) is 5.95 Å². The number of H-pyrrole nitrogens is 1. The maximum atomic E-state index is 13.0. The van der Waals surface area contributed by atoms with Gasteiger partial charge < -0.3 is 9.55 Å². The van der Waals surface area contributed by atoms with Crippen molar-refractivity contribution >= 4 is 39.4 Å². The average Bonchev–Trinajstić information content (AvgIpc) is 3.30. The quantitative estimate of drug-likeness (QED) is 0.496. The van der Waals surface area contributed by atoms with E-state index in [1.807, 2.05) is 34.9 Å². The van der Waals surface area contributed by atoms with Gasteiger partial charge in [-0.15, -0.1) is 0 Å². The zero-order valence-electron chi connectivity index (χ0n) is 15.7. The Hall–Kier alpha value is -3.94. The van der Waals surface area contributed by atoms with Crippen LogP contribution in [0.1, 0.15) is 23.7 Å². The number of aryl methyl sites for hydroxylation is 1. The fourth-order valence-corrected chi connectivity index (χ4v) is 3.63. The summed E-state index contributed by atoms with van der Waals surface area (Å²) in [6.45, 7) is 2.80. The van der Waals surface area contributed by atoms with Gasteiger partial charge in [-0.1, -0.05) is 31.2 Å². The van der Waals surface area contributed by atoms with Gasteiger partial charge in [0.05, 0.1) is 28.1 Å². The smallest absolute Gasteiger partial charge is 0.263 e. The molecule has 3 aromatic heterocycles. The number of amides is 1. The predicted molar refractivity (Wildman–Crippen MR) is 111 cm³/mol. The van der Waals surface area contributed by atoms with Crippen LogP contribution in [0.5, 0.6) is 0 Å². The second-order valence-corrected chi connectivity index (χ2v) is 6.82. The van der Waals surface area contributed by atoms with E-state index in [0.29, 0.717) is 22.5 Å². The summed E-state index contributed by atoms with van der Waals surface area (Å²) in [7, 11) is 0. The monoisotopic (exact) mass is 386 g/mol. The van der Waals surface area contributed by atoms with E-state index in [0.717, 1.165) is 24.0 Å². The number of hydrogen-bond acceptors (Lipinski definition) is 4. The Balaban J connectivity index is 1.60. The lowest BCUT2D eigenvalue weighted by molar-refractivity contribution is 0.102. The minimum atomic E-state index is -0.376. The minimum absolute atomic E-state index is 0.263. The molecule has 8 heteroatoms. The van der Waals surface area contributed by atoms with Crippen LogP contribution in [0.15, 0.2) is 59.5 Å². The van der Waals surface area contributed by atoms with Crippen LogP contribution in [0.3, 0.4) is 0 Å². The molecule has 0 radical (unpaired) electrons. The Bertz CT molecular complexity index is 1440. The molecule has 0 saturated carbocycles. The first kappa shape index (κ1) is 17.2. The second-order valence-electron chi connectivity index (χ2n) is 6.82. The number of rotatable bonds is 4. The third kappa shape index (κ3) is 2.68. The number of hydrogen-bond donors (Lipinski definition) is 2. The SMILES string of the molecule is CCCn1c(NC(=O)c2cnn3c2[nH]c(=O)c2ccccc23)nc2ccccc21. The van der Waals surface area contributed by atoms with Gasteiger partial charge in [0.25, 0.3) is 11.5 Å². The number of aromatic nitrogens is 5. The molecule has 0 unspecified atom stereocenters. The highest BCUT2D eigenvalue weighted by Gasteiger charge is 2.19. The van der Waals surface area contributed by atoms with E-state index < -0.39 is 0 Å². The number of nitrogens with one attached hydrogen (secondary N) is 2. The van der Waals surface area contributed by atoms with Crippen LogP contribution in [-0.4, -0.2) is 30.1 Å².